The minimum Gasteiger partial charge on any atom is -0.0622 e. The quantitative estimate of drug-likeness (QED) is 0.440. The standard InChI is InChI=1S/C6H5/c1-2-4-6-5-3-1/h1-5H/i6+0. The first-order chi connectivity index (χ1) is 3.00. The van der Waals surface area contributed by atoms with E-state index in [2.05, 4.69) is 6.07 Å². The van der Waals surface area contributed by atoms with Gasteiger partial charge in [0.25, 0.3) is 0 Å². The summed E-state index contributed by atoms with van der Waals surface area (Å²) < 4.78 is 0. The highest BCUT2D eigenvalue weighted by Gasteiger charge is 1.58. The van der Waals surface area contributed by atoms with Crippen LogP contribution in [0, 0.1) is 6.07 Å². The first kappa shape index (κ1) is 3.41. The van der Waals surface area contributed by atoms with E-state index in [0.717, 1.165) is 0 Å². The lowest BCUT2D eigenvalue weighted by molar-refractivity contribution is 1.70. The van der Waals surface area contributed by atoms with Gasteiger partial charge >= 0.3 is 0 Å². The molecule has 0 heteroatoms. The molecule has 0 aromatic heterocycles. The van der Waals surface area contributed by atoms with E-state index in [9.17, 15) is 0 Å². The van der Waals surface area contributed by atoms with Crippen LogP contribution in [0.25, 0.3) is 0 Å². The molecule has 0 fully saturated rings. The molecule has 0 aliphatic carbocycles. The molecule has 0 nitrogen and oxygen atoms in total. The maximum absolute atomic E-state index is 2.89. The third-order valence-corrected chi connectivity index (χ3v) is 0.607. The lowest BCUT2D eigenvalue weighted by Crippen LogP contribution is -1.49. The highest BCUT2D eigenvalue weighted by Crippen LogP contribution is 1.78. The summed E-state index contributed by atoms with van der Waals surface area (Å²) in [4.78, 5) is 0. The number of hydrogen-bond acceptors (Lipinski definition) is 0. The van der Waals surface area contributed by atoms with Crippen molar-refractivity contribution in [1.82, 2.24) is 0 Å². The second-order valence-corrected chi connectivity index (χ2v) is 1.08. The van der Waals surface area contributed by atoms with Gasteiger partial charge in [-0.3, -0.25) is 0 Å². The van der Waals surface area contributed by atoms with Crippen LogP contribution in [0.5, 0.6) is 0 Å². The van der Waals surface area contributed by atoms with Gasteiger partial charge in [0.15, 0.2) is 0 Å². The van der Waals surface area contributed by atoms with Crippen molar-refractivity contribution in [3.63, 3.8) is 0 Å². The fraction of sp³-hybridized carbons (Fsp3) is 0. The lowest BCUT2D eigenvalue weighted by Gasteiger charge is -1.68. The molecule has 6 heavy (non-hydrogen) atoms. The lowest BCUT2D eigenvalue weighted by atomic mass is 10.4. The Bertz CT molecular complexity index is 72.0. The zero-order chi connectivity index (χ0) is 4.24. The summed E-state index contributed by atoms with van der Waals surface area (Å²) in [7, 11) is 0. The van der Waals surface area contributed by atoms with Crippen molar-refractivity contribution in [3.05, 3.63) is 36.4 Å². The summed E-state index contributed by atoms with van der Waals surface area (Å²) in [5, 5.41) is 0. The predicted molar refractivity (Wildman–Crippen MR) is 25.3 cm³/mol. The molecule has 0 N–H and O–H groups in total. The zero-order valence-corrected chi connectivity index (χ0v) is 3.39. The van der Waals surface area contributed by atoms with Crippen LogP contribution in [0.4, 0.5) is 0 Å². The summed E-state index contributed by atoms with van der Waals surface area (Å²) in [5.41, 5.74) is 0. The molecular formula is C6H5. The second-order valence-electron chi connectivity index (χ2n) is 1.08. The fourth-order valence-electron chi connectivity index (χ4n) is 0.342. The molecule has 1 radical (unpaired) electrons. The Hall–Kier alpha value is -0.780. The van der Waals surface area contributed by atoms with Gasteiger partial charge < -0.3 is 0 Å². The fourth-order valence-corrected chi connectivity index (χ4v) is 0.342. The predicted octanol–water partition coefficient (Wildman–Crippen LogP) is 1.49. The molecule has 29 valence electrons. The first-order valence-electron chi connectivity index (χ1n) is 1.91. The molecule has 0 atom stereocenters. The molecule has 1 aromatic rings. The Kier molecular flexibility index (Phi) is 0.913. The molecule has 0 saturated carbocycles. The third kappa shape index (κ3) is 0.582. The summed E-state index contributed by atoms with van der Waals surface area (Å²) >= 11 is 0. The SMILES string of the molecule is c1cc[12c]cc1. The van der Waals surface area contributed by atoms with Crippen LogP contribution in [-0.2, 0) is 0 Å². The van der Waals surface area contributed by atoms with Gasteiger partial charge in [0, 0.05) is 0 Å². The van der Waals surface area contributed by atoms with E-state index in [0.29, 0.717) is 0 Å². The zero-order valence-electron chi connectivity index (χ0n) is 3.39. The number of benzene rings is 1. The molecule has 1 aromatic carbocycles. The Morgan fingerprint density at radius 3 is 1.67 bits per heavy atom. The van der Waals surface area contributed by atoms with Crippen LogP contribution in [0.2, 0.25) is 0 Å². The van der Waals surface area contributed by atoms with Gasteiger partial charge in [0.2, 0.25) is 0 Å². The molecule has 1 rings (SSSR count). The van der Waals surface area contributed by atoms with Crippen molar-refractivity contribution in [2.45, 2.75) is 0 Å². The molecule has 0 bridgehead atoms. The van der Waals surface area contributed by atoms with Gasteiger partial charge in [-0.05, 0) is 6.07 Å². The van der Waals surface area contributed by atoms with E-state index >= 15 is 0 Å². The van der Waals surface area contributed by atoms with E-state index in [1.165, 1.54) is 0 Å². The molecule has 0 saturated heterocycles. The number of hydrogen-bond donors (Lipinski definition) is 0. The molecule has 0 heterocycles. The Balaban J connectivity index is 3.00. The van der Waals surface area contributed by atoms with Crippen LogP contribution in [0.15, 0.2) is 30.3 Å². The maximum atomic E-state index is 2.89. The second kappa shape index (κ2) is 1.61. The van der Waals surface area contributed by atoms with E-state index in [1.54, 1.807) is 0 Å². The van der Waals surface area contributed by atoms with Crippen LogP contribution in [0.3, 0.4) is 0 Å². The van der Waals surface area contributed by atoms with E-state index < -0.39 is 0 Å². The van der Waals surface area contributed by atoms with E-state index in [4.69, 9.17) is 0 Å². The number of rotatable bonds is 0. The highest BCUT2D eigenvalue weighted by atomic mass is 13.6. The van der Waals surface area contributed by atoms with Crippen molar-refractivity contribution in [1.29, 1.82) is 0 Å². The normalized spacial score (nSPS) is 8.00. The average Bonchev–Trinajstić information content (AvgIpc) is 1.72. The third-order valence-electron chi connectivity index (χ3n) is 0.607. The van der Waals surface area contributed by atoms with Crippen LogP contribution < -0.4 is 0 Å². The van der Waals surface area contributed by atoms with Crippen molar-refractivity contribution in [2.24, 2.45) is 0 Å². The van der Waals surface area contributed by atoms with E-state index in [-0.39, 0.29) is 0 Å². The van der Waals surface area contributed by atoms with Gasteiger partial charge in [0.1, 0.15) is 0 Å². The largest absolute Gasteiger partial charge is 0.0622 e. The summed E-state index contributed by atoms with van der Waals surface area (Å²) in [5.74, 6) is 0. The van der Waals surface area contributed by atoms with Crippen molar-refractivity contribution in [3.8, 4) is 0 Å². The highest BCUT2D eigenvalue weighted by molar-refractivity contribution is 4.97. The molecule has 0 amide bonds. The summed E-state index contributed by atoms with van der Waals surface area (Å²) in [6.07, 6.45) is 0. The first-order valence-corrected chi connectivity index (χ1v) is 1.91. The minimum atomic E-state index is 1.88. The van der Waals surface area contributed by atoms with Crippen LogP contribution >= 0.6 is 0 Å². The van der Waals surface area contributed by atoms with Gasteiger partial charge in [-0.25, -0.2) is 0 Å². The topological polar surface area (TPSA) is 0 Å². The molecule has 0 aliphatic heterocycles. The van der Waals surface area contributed by atoms with Crippen LogP contribution in [-0.4, -0.2) is 0 Å². The Morgan fingerprint density at radius 1 is 0.833 bits per heavy atom. The van der Waals surface area contributed by atoms with Crippen molar-refractivity contribution in [2.75, 3.05) is 0 Å². The Morgan fingerprint density at radius 2 is 1.50 bits per heavy atom. The monoisotopic (exact) mass is 77.0 g/mol. The molecular weight excluding hydrogens is 72.1 g/mol. The van der Waals surface area contributed by atoms with Crippen molar-refractivity contribution < 1.29 is 0 Å². The van der Waals surface area contributed by atoms with Gasteiger partial charge in [0.05, 0.1) is 0 Å². The summed E-state index contributed by atoms with van der Waals surface area (Å²) in [6, 6.07) is 12.5. The molecule has 0 unspecified atom stereocenters. The maximum Gasteiger partial charge on any atom is -0.0184 e. The molecule has 0 aliphatic rings. The average molecular weight is 77.1 g/mol. The smallest absolute Gasteiger partial charge is 0.0184 e. The van der Waals surface area contributed by atoms with Gasteiger partial charge in [-0.1, -0.05) is 30.3 Å². The van der Waals surface area contributed by atoms with Crippen LogP contribution in [0.1, 0.15) is 0 Å². The molecule has 0 spiro atoms. The van der Waals surface area contributed by atoms with Gasteiger partial charge in [-0.2, -0.15) is 0 Å². The van der Waals surface area contributed by atoms with Gasteiger partial charge in [-0.15, -0.1) is 0 Å². The van der Waals surface area contributed by atoms with E-state index in [1.807, 2.05) is 30.3 Å². The Labute approximate surface area is 37.4 Å². The van der Waals surface area contributed by atoms with Crippen molar-refractivity contribution >= 4 is 0 Å². The summed E-state index contributed by atoms with van der Waals surface area (Å²) in [6.45, 7) is 0. The minimum absolute atomic E-state index is 1.88.